The highest BCUT2D eigenvalue weighted by Crippen LogP contribution is 2.38. The number of nitrogens with one attached hydrogen (secondary N) is 1. The second kappa shape index (κ2) is 13.5. The monoisotopic (exact) mass is 692 g/mol. The lowest BCUT2D eigenvalue weighted by Gasteiger charge is -2.23. The number of carbonyl (C=O) groups excluding carboxylic acids is 2. The molecule has 0 unspecified atom stereocenters. The van der Waals surface area contributed by atoms with Crippen molar-refractivity contribution >= 4 is 52.4 Å². The molecule has 3 amide bonds. The van der Waals surface area contributed by atoms with E-state index in [-0.39, 0.29) is 34.0 Å². The number of amides is 3. The van der Waals surface area contributed by atoms with Gasteiger partial charge in [-0.1, -0.05) is 43.8 Å². The second-order valence-corrected chi connectivity index (χ2v) is 11.4. The number of thioether (sulfide) groups is 1. The molecule has 0 bridgehead atoms. The van der Waals surface area contributed by atoms with Crippen LogP contribution in [0.15, 0.2) is 72.0 Å². The van der Waals surface area contributed by atoms with Crippen LogP contribution in [-0.4, -0.2) is 44.0 Å². The molecule has 0 atom stereocenters. The molecule has 1 fully saturated rings. The Labute approximate surface area is 272 Å². The van der Waals surface area contributed by atoms with E-state index < -0.39 is 41.6 Å². The topological polar surface area (TPSA) is 102 Å². The van der Waals surface area contributed by atoms with Crippen molar-refractivity contribution in [2.24, 2.45) is 4.99 Å². The van der Waals surface area contributed by atoms with Gasteiger partial charge in [0.05, 0.1) is 28.4 Å². The van der Waals surface area contributed by atoms with Gasteiger partial charge >= 0.3 is 18.6 Å². The molecule has 1 aliphatic rings. The molecule has 1 saturated heterocycles. The van der Waals surface area contributed by atoms with Crippen LogP contribution >= 0.6 is 11.8 Å². The summed E-state index contributed by atoms with van der Waals surface area (Å²) in [4.78, 5) is 34.4. The Morgan fingerprint density at radius 2 is 1.75 bits per heavy atom. The third kappa shape index (κ3) is 8.20. The number of nitrogens with zero attached hydrogens (tertiary/aromatic N) is 5. The minimum Gasteiger partial charge on any atom is -0.406 e. The Kier molecular flexibility index (Phi) is 9.61. The molecular formula is C31H23F7N6O3S. The number of halogens is 7. The number of rotatable bonds is 7. The van der Waals surface area contributed by atoms with Crippen LogP contribution in [0, 0.1) is 5.82 Å². The van der Waals surface area contributed by atoms with Crippen LogP contribution in [-0.2, 0) is 11.0 Å². The average molecular weight is 693 g/mol. The summed E-state index contributed by atoms with van der Waals surface area (Å²) in [6, 6.07) is 10.8. The van der Waals surface area contributed by atoms with E-state index in [0.717, 1.165) is 47.0 Å². The summed E-state index contributed by atoms with van der Waals surface area (Å²) in [7, 11) is 0. The van der Waals surface area contributed by atoms with Crippen molar-refractivity contribution in [3.8, 4) is 11.4 Å². The van der Waals surface area contributed by atoms with Crippen molar-refractivity contribution in [2.45, 2.75) is 32.3 Å². The Hall–Kier alpha value is -5.19. The minimum absolute atomic E-state index is 0.0449. The molecule has 9 nitrogen and oxygen atoms in total. The molecule has 48 heavy (non-hydrogen) atoms. The summed E-state index contributed by atoms with van der Waals surface area (Å²) in [6.45, 7) is 3.49. The number of aliphatic imine (C=N–C) groups is 1. The number of amidine groups is 1. The fraction of sp³-hybridized carbons (Fsp3) is 0.194. The van der Waals surface area contributed by atoms with Gasteiger partial charge < -0.3 is 10.1 Å². The van der Waals surface area contributed by atoms with Gasteiger partial charge in [-0.25, -0.2) is 18.9 Å². The highest BCUT2D eigenvalue weighted by Gasteiger charge is 2.36. The number of hydrogen-bond donors (Lipinski definition) is 1. The smallest absolute Gasteiger partial charge is 0.406 e. The maximum absolute atomic E-state index is 14.9. The van der Waals surface area contributed by atoms with E-state index in [9.17, 15) is 40.3 Å². The van der Waals surface area contributed by atoms with E-state index in [0.29, 0.717) is 16.8 Å². The first-order valence-electron chi connectivity index (χ1n) is 13.9. The van der Waals surface area contributed by atoms with Gasteiger partial charge in [0, 0.05) is 0 Å². The van der Waals surface area contributed by atoms with Gasteiger partial charge in [0.15, 0.2) is 11.0 Å². The molecule has 4 aromatic rings. The number of benzene rings is 3. The zero-order valence-electron chi connectivity index (χ0n) is 24.8. The van der Waals surface area contributed by atoms with Gasteiger partial charge in [-0.05, 0) is 71.7 Å². The van der Waals surface area contributed by atoms with Crippen molar-refractivity contribution in [3.63, 3.8) is 0 Å². The minimum atomic E-state index is -4.82. The molecule has 5 rings (SSSR count). The molecule has 0 aliphatic carbocycles. The lowest BCUT2D eigenvalue weighted by molar-refractivity contribution is -0.274. The summed E-state index contributed by atoms with van der Waals surface area (Å²) in [5.74, 6) is -2.02. The zero-order valence-corrected chi connectivity index (χ0v) is 25.6. The van der Waals surface area contributed by atoms with Crippen molar-refractivity contribution in [2.75, 3.05) is 16.0 Å². The average Bonchev–Trinajstić information content (AvgIpc) is 3.62. The number of urea groups is 1. The third-order valence-electron chi connectivity index (χ3n) is 6.69. The third-order valence-corrected chi connectivity index (χ3v) is 7.61. The first-order valence-corrected chi connectivity index (χ1v) is 14.9. The van der Waals surface area contributed by atoms with Crippen molar-refractivity contribution in [1.82, 2.24) is 14.8 Å². The summed E-state index contributed by atoms with van der Waals surface area (Å²) >= 11 is 0.861. The lowest BCUT2D eigenvalue weighted by atomic mass is 9.98. The summed E-state index contributed by atoms with van der Waals surface area (Å²) in [5.41, 5.74) is -0.0528. The Morgan fingerprint density at radius 1 is 1.02 bits per heavy atom. The van der Waals surface area contributed by atoms with Crippen LogP contribution in [0.1, 0.15) is 42.3 Å². The van der Waals surface area contributed by atoms with Crippen LogP contribution in [0.5, 0.6) is 5.75 Å². The predicted octanol–water partition coefficient (Wildman–Crippen LogP) is 8.29. The quantitative estimate of drug-likeness (QED) is 0.196. The Balaban J connectivity index is 1.27. The van der Waals surface area contributed by atoms with E-state index in [1.165, 1.54) is 53.5 Å². The van der Waals surface area contributed by atoms with Crippen LogP contribution in [0.4, 0.5) is 46.9 Å². The van der Waals surface area contributed by atoms with Crippen LogP contribution < -0.4 is 15.0 Å². The van der Waals surface area contributed by atoms with Crippen molar-refractivity contribution in [1.29, 1.82) is 0 Å². The van der Waals surface area contributed by atoms with Gasteiger partial charge in [0.2, 0.25) is 5.91 Å². The van der Waals surface area contributed by atoms with Crippen molar-refractivity contribution in [3.05, 3.63) is 95.3 Å². The maximum atomic E-state index is 14.9. The van der Waals surface area contributed by atoms with Gasteiger partial charge in [-0.3, -0.25) is 9.69 Å². The fourth-order valence-corrected chi connectivity index (χ4v) is 5.36. The first kappa shape index (κ1) is 34.2. The number of carbonyl (C=O) groups is 2. The summed E-state index contributed by atoms with van der Waals surface area (Å²) in [6.07, 6.45) is -5.22. The molecule has 0 saturated carbocycles. The number of anilines is 2. The van der Waals surface area contributed by atoms with Crippen LogP contribution in [0.3, 0.4) is 0 Å². The molecule has 1 aliphatic heterocycles. The number of alkyl halides is 6. The molecular weight excluding hydrogens is 669 g/mol. The van der Waals surface area contributed by atoms with E-state index in [1.54, 1.807) is 13.8 Å². The van der Waals surface area contributed by atoms with E-state index in [2.05, 4.69) is 25.1 Å². The van der Waals surface area contributed by atoms with Gasteiger partial charge in [-0.15, -0.1) is 18.3 Å². The van der Waals surface area contributed by atoms with Crippen molar-refractivity contribution < 1.29 is 45.1 Å². The molecule has 0 spiro atoms. The normalized spacial score (nSPS) is 14.8. The largest absolute Gasteiger partial charge is 0.573 e. The summed E-state index contributed by atoms with van der Waals surface area (Å²) in [5, 5.41) is 6.32. The molecule has 3 aromatic carbocycles. The fourth-order valence-electron chi connectivity index (χ4n) is 4.50. The highest BCUT2D eigenvalue weighted by molar-refractivity contribution is 8.15. The molecule has 1 N–H and O–H groups in total. The lowest BCUT2D eigenvalue weighted by Crippen LogP contribution is -2.31. The number of ether oxygens (including phenoxy) is 1. The van der Waals surface area contributed by atoms with Crippen LogP contribution in [0.25, 0.3) is 17.8 Å². The van der Waals surface area contributed by atoms with E-state index in [4.69, 9.17) is 0 Å². The predicted molar refractivity (Wildman–Crippen MR) is 165 cm³/mol. The zero-order chi connectivity index (χ0) is 34.8. The van der Waals surface area contributed by atoms with E-state index in [1.807, 2.05) is 0 Å². The molecule has 1 aromatic heterocycles. The number of hydrogen-bond acceptors (Lipinski definition) is 6. The first-order chi connectivity index (χ1) is 22.6. The van der Waals surface area contributed by atoms with Gasteiger partial charge in [0.25, 0.3) is 0 Å². The Morgan fingerprint density at radius 3 is 2.40 bits per heavy atom. The SMILES string of the molecule is CC(C)c1ccc(C(F)(F)F)cc1N1C(=O)CSC1=NC(=O)Nc1ccc(/C=C/c2ncn(-c3ccc(OC(F)(F)F)cc3)n2)cc1F. The maximum Gasteiger partial charge on any atom is 0.573 e. The molecule has 0 radical (unpaired) electrons. The number of aromatic nitrogens is 3. The second-order valence-electron chi connectivity index (χ2n) is 10.4. The summed E-state index contributed by atoms with van der Waals surface area (Å²) < 4.78 is 97.6. The van der Waals surface area contributed by atoms with Crippen LogP contribution in [0.2, 0.25) is 0 Å². The Bertz CT molecular complexity index is 1900. The molecule has 2 heterocycles. The highest BCUT2D eigenvalue weighted by atomic mass is 32.2. The molecule has 17 heteroatoms. The van der Waals surface area contributed by atoms with Gasteiger partial charge in [-0.2, -0.15) is 18.2 Å². The van der Waals surface area contributed by atoms with E-state index >= 15 is 0 Å². The standard InChI is InChI=1S/C31H23F7N6O3S/c1-17(2)22-10-5-19(30(33,34)35)14-25(22)44-27(45)15-48-29(44)41-28(46)40-24-11-3-18(13-23(24)32)4-12-26-39-16-43(42-26)20-6-8-21(9-7-20)47-31(36,37)38/h3-14,16-17H,15H2,1-2H3,(H,40,46)/b12-4+,41-29?. The molecule has 250 valence electrons. The van der Waals surface area contributed by atoms with Gasteiger partial charge in [0.1, 0.15) is 17.9 Å².